The summed E-state index contributed by atoms with van der Waals surface area (Å²) in [4.78, 5) is 16.1. The molecule has 0 bridgehead atoms. The Bertz CT molecular complexity index is 639. The summed E-state index contributed by atoms with van der Waals surface area (Å²) in [5.74, 6) is -0.431. The lowest BCUT2D eigenvalue weighted by Crippen LogP contribution is -2.36. The maximum absolute atomic E-state index is 12.1. The van der Waals surface area contributed by atoms with Crippen LogP contribution in [0.25, 0.3) is 0 Å². The Labute approximate surface area is 104 Å². The number of nitrogens with one attached hydrogen (secondary N) is 1. The molecular formula is C14H12N2O2. The predicted molar refractivity (Wildman–Crippen MR) is 67.0 cm³/mol. The number of benzene rings is 1. The highest BCUT2D eigenvalue weighted by molar-refractivity contribution is 6.07. The summed E-state index contributed by atoms with van der Waals surface area (Å²) in [5, 5.41) is 13.5. The Hall–Kier alpha value is -2.20. The first-order valence-electron chi connectivity index (χ1n) is 5.68. The lowest BCUT2D eigenvalue weighted by molar-refractivity contribution is -0.129. The van der Waals surface area contributed by atoms with Crippen LogP contribution in [0.4, 0.5) is 5.69 Å². The number of nitrogens with zero attached hydrogens (tertiary/aromatic N) is 1. The third-order valence-electron chi connectivity index (χ3n) is 3.32. The van der Waals surface area contributed by atoms with Crippen LogP contribution in [0.2, 0.25) is 0 Å². The molecule has 2 heterocycles. The molecule has 1 aliphatic rings. The van der Waals surface area contributed by atoms with E-state index in [1.807, 2.05) is 13.0 Å². The molecule has 1 atom stereocenters. The van der Waals surface area contributed by atoms with Gasteiger partial charge in [0, 0.05) is 29.2 Å². The van der Waals surface area contributed by atoms with Gasteiger partial charge < -0.3 is 10.4 Å². The zero-order chi connectivity index (χ0) is 12.8. The van der Waals surface area contributed by atoms with Gasteiger partial charge in [-0.15, -0.1) is 0 Å². The maximum atomic E-state index is 12.1. The van der Waals surface area contributed by atoms with Gasteiger partial charge in [0.15, 0.2) is 5.60 Å². The third kappa shape index (κ3) is 1.29. The number of hydrogen-bond acceptors (Lipinski definition) is 3. The lowest BCUT2D eigenvalue weighted by atomic mass is 9.86. The number of anilines is 1. The number of rotatable bonds is 1. The van der Waals surface area contributed by atoms with Crippen molar-refractivity contribution in [1.29, 1.82) is 0 Å². The topological polar surface area (TPSA) is 62.2 Å². The summed E-state index contributed by atoms with van der Waals surface area (Å²) in [6.07, 6.45) is 3.18. The van der Waals surface area contributed by atoms with E-state index in [1.54, 1.807) is 30.5 Å². The quantitative estimate of drug-likeness (QED) is 0.795. The van der Waals surface area contributed by atoms with Crippen molar-refractivity contribution in [3.05, 3.63) is 59.4 Å². The molecule has 0 spiro atoms. The van der Waals surface area contributed by atoms with Crippen molar-refractivity contribution in [2.45, 2.75) is 12.5 Å². The number of para-hydroxylation sites is 1. The Morgan fingerprint density at radius 3 is 2.78 bits per heavy atom. The van der Waals surface area contributed by atoms with Crippen molar-refractivity contribution in [2.75, 3.05) is 5.32 Å². The predicted octanol–water partition coefficient (Wildman–Crippen LogP) is 1.58. The molecule has 0 aliphatic carbocycles. The van der Waals surface area contributed by atoms with E-state index in [1.165, 1.54) is 6.20 Å². The summed E-state index contributed by atoms with van der Waals surface area (Å²) >= 11 is 0. The van der Waals surface area contributed by atoms with Crippen LogP contribution in [0.1, 0.15) is 16.7 Å². The first-order chi connectivity index (χ1) is 8.64. The van der Waals surface area contributed by atoms with Gasteiger partial charge in [0.25, 0.3) is 5.91 Å². The van der Waals surface area contributed by atoms with Gasteiger partial charge >= 0.3 is 0 Å². The highest BCUT2D eigenvalue weighted by Gasteiger charge is 2.47. The van der Waals surface area contributed by atoms with Crippen LogP contribution in [-0.2, 0) is 10.4 Å². The molecule has 0 radical (unpaired) electrons. The fraction of sp³-hybridized carbons (Fsp3) is 0.143. The fourth-order valence-corrected chi connectivity index (χ4v) is 2.35. The van der Waals surface area contributed by atoms with Crippen molar-refractivity contribution >= 4 is 11.6 Å². The Kier molecular flexibility index (Phi) is 2.21. The molecule has 1 aromatic carbocycles. The van der Waals surface area contributed by atoms with Crippen molar-refractivity contribution in [1.82, 2.24) is 4.98 Å². The number of aryl methyl sites for hydroxylation is 1. The van der Waals surface area contributed by atoms with Crippen LogP contribution < -0.4 is 5.32 Å². The molecule has 90 valence electrons. The average molecular weight is 240 g/mol. The maximum Gasteiger partial charge on any atom is 0.265 e. The molecule has 4 heteroatoms. The summed E-state index contributed by atoms with van der Waals surface area (Å²) < 4.78 is 0. The molecule has 2 aromatic rings. The monoisotopic (exact) mass is 240 g/mol. The Balaban J connectivity index is 2.27. The minimum absolute atomic E-state index is 0.431. The average Bonchev–Trinajstić information content (AvgIpc) is 2.63. The highest BCUT2D eigenvalue weighted by atomic mass is 16.3. The number of hydrogen-bond donors (Lipinski definition) is 2. The first kappa shape index (κ1) is 10.9. The molecule has 1 unspecified atom stereocenters. The molecule has 2 N–H and O–H groups in total. The van der Waals surface area contributed by atoms with Crippen LogP contribution in [0.5, 0.6) is 0 Å². The highest BCUT2D eigenvalue weighted by Crippen LogP contribution is 2.41. The second kappa shape index (κ2) is 3.65. The summed E-state index contributed by atoms with van der Waals surface area (Å²) in [7, 11) is 0. The van der Waals surface area contributed by atoms with E-state index in [-0.39, 0.29) is 0 Å². The second-order valence-electron chi connectivity index (χ2n) is 4.40. The molecule has 0 saturated heterocycles. The van der Waals surface area contributed by atoms with Crippen LogP contribution in [-0.4, -0.2) is 16.0 Å². The van der Waals surface area contributed by atoms with E-state index in [2.05, 4.69) is 10.3 Å². The van der Waals surface area contributed by atoms with Crippen molar-refractivity contribution < 1.29 is 9.90 Å². The standard InChI is InChI=1S/C14H12N2O2/c1-9-6-7-15-8-11(9)14(18)10-4-2-3-5-12(10)16-13(14)17/h2-8,18H,1H3,(H,16,17). The molecule has 18 heavy (non-hydrogen) atoms. The molecule has 0 saturated carbocycles. The molecule has 0 fully saturated rings. The van der Waals surface area contributed by atoms with Gasteiger partial charge in [-0.3, -0.25) is 9.78 Å². The second-order valence-corrected chi connectivity index (χ2v) is 4.40. The van der Waals surface area contributed by atoms with Gasteiger partial charge in [-0.2, -0.15) is 0 Å². The van der Waals surface area contributed by atoms with Crippen LogP contribution in [0.15, 0.2) is 42.7 Å². The van der Waals surface area contributed by atoms with Gasteiger partial charge in [0.2, 0.25) is 0 Å². The molecule has 3 rings (SSSR count). The van der Waals surface area contributed by atoms with E-state index in [4.69, 9.17) is 0 Å². The molecular weight excluding hydrogens is 228 g/mol. The van der Waals surface area contributed by atoms with E-state index < -0.39 is 11.5 Å². The zero-order valence-electron chi connectivity index (χ0n) is 9.84. The minimum atomic E-state index is -1.64. The SMILES string of the molecule is Cc1ccncc1C1(O)C(=O)Nc2ccccc21. The van der Waals surface area contributed by atoms with Crippen molar-refractivity contribution in [3.8, 4) is 0 Å². The zero-order valence-corrected chi connectivity index (χ0v) is 9.84. The Morgan fingerprint density at radius 1 is 1.22 bits per heavy atom. The largest absolute Gasteiger partial charge is 0.372 e. The number of aliphatic hydroxyl groups is 1. The van der Waals surface area contributed by atoms with Crippen LogP contribution in [0, 0.1) is 6.92 Å². The van der Waals surface area contributed by atoms with Gasteiger partial charge in [-0.05, 0) is 24.6 Å². The van der Waals surface area contributed by atoms with Crippen molar-refractivity contribution in [2.24, 2.45) is 0 Å². The fourth-order valence-electron chi connectivity index (χ4n) is 2.35. The molecule has 4 nitrogen and oxygen atoms in total. The number of carbonyl (C=O) groups excluding carboxylic acids is 1. The summed E-state index contributed by atoms with van der Waals surface area (Å²) in [6.45, 7) is 1.85. The van der Waals surface area contributed by atoms with Gasteiger partial charge in [-0.1, -0.05) is 18.2 Å². The van der Waals surface area contributed by atoms with E-state index in [9.17, 15) is 9.90 Å². The van der Waals surface area contributed by atoms with Gasteiger partial charge in [0.1, 0.15) is 0 Å². The number of carbonyl (C=O) groups is 1. The van der Waals surface area contributed by atoms with E-state index >= 15 is 0 Å². The van der Waals surface area contributed by atoms with Gasteiger partial charge in [-0.25, -0.2) is 0 Å². The number of aromatic nitrogens is 1. The molecule has 1 aliphatic heterocycles. The van der Waals surface area contributed by atoms with Gasteiger partial charge in [0.05, 0.1) is 0 Å². The third-order valence-corrected chi connectivity index (χ3v) is 3.32. The number of amides is 1. The molecule has 1 aromatic heterocycles. The number of pyridine rings is 1. The summed E-state index contributed by atoms with van der Waals surface area (Å²) in [6, 6.07) is 8.93. The first-order valence-corrected chi connectivity index (χ1v) is 5.68. The van der Waals surface area contributed by atoms with Crippen LogP contribution >= 0.6 is 0 Å². The molecule has 1 amide bonds. The van der Waals surface area contributed by atoms with E-state index in [0.29, 0.717) is 16.8 Å². The smallest absolute Gasteiger partial charge is 0.265 e. The van der Waals surface area contributed by atoms with Crippen molar-refractivity contribution in [3.63, 3.8) is 0 Å². The number of fused-ring (bicyclic) bond motifs is 1. The Morgan fingerprint density at radius 2 is 2.00 bits per heavy atom. The van der Waals surface area contributed by atoms with E-state index in [0.717, 1.165) is 5.56 Å². The summed E-state index contributed by atoms with van der Waals surface area (Å²) in [5.41, 5.74) is 0.931. The minimum Gasteiger partial charge on any atom is -0.372 e. The van der Waals surface area contributed by atoms with Crippen LogP contribution in [0.3, 0.4) is 0 Å². The lowest BCUT2D eigenvalue weighted by Gasteiger charge is -2.22. The normalized spacial score (nSPS) is 21.6.